The van der Waals surface area contributed by atoms with Crippen LogP contribution in [0.3, 0.4) is 0 Å². The summed E-state index contributed by atoms with van der Waals surface area (Å²) in [6.45, 7) is 11.7. The molecule has 28 heavy (non-hydrogen) atoms. The first-order valence-electron chi connectivity index (χ1n) is 9.22. The number of rotatable bonds is 5. The lowest BCUT2D eigenvalue weighted by Gasteiger charge is -2.18. The molecule has 148 valence electrons. The number of nitrogens with one attached hydrogen (secondary N) is 1. The van der Waals surface area contributed by atoms with Crippen LogP contribution in [-0.2, 0) is 4.79 Å². The highest BCUT2D eigenvalue weighted by atomic mass is 16.5. The van der Waals surface area contributed by atoms with Crippen molar-refractivity contribution in [3.63, 3.8) is 0 Å². The van der Waals surface area contributed by atoms with Crippen LogP contribution in [0.4, 0.5) is 0 Å². The van der Waals surface area contributed by atoms with Crippen LogP contribution in [0.5, 0.6) is 0 Å². The number of amides is 1. The molecule has 0 spiro atoms. The molecule has 1 amide bonds. The molecule has 1 heterocycles. The molecule has 1 aromatic heterocycles. The number of hydrogen-bond donors (Lipinski definition) is 2. The zero-order valence-electron chi connectivity index (χ0n) is 17.3. The third-order valence-corrected chi connectivity index (χ3v) is 4.53. The van der Waals surface area contributed by atoms with Crippen LogP contribution < -0.4 is 11.0 Å². The Morgan fingerprint density at radius 1 is 1.25 bits per heavy atom. The van der Waals surface area contributed by atoms with Gasteiger partial charge in [-0.3, -0.25) is 19.4 Å². The van der Waals surface area contributed by atoms with E-state index < -0.39 is 5.91 Å². The van der Waals surface area contributed by atoms with Gasteiger partial charge >= 0.3 is 0 Å². The molecular formula is C22H27N3O3. The molecular weight excluding hydrogens is 354 g/mol. The number of carbonyl (C=O) groups is 1. The average molecular weight is 381 g/mol. The van der Waals surface area contributed by atoms with Gasteiger partial charge in [-0.1, -0.05) is 18.6 Å². The smallest absolute Gasteiger partial charge is 0.267 e. The van der Waals surface area contributed by atoms with Gasteiger partial charge < -0.3 is 0 Å². The molecule has 2 N–H and O–H groups in total. The van der Waals surface area contributed by atoms with Crippen molar-refractivity contribution in [1.29, 1.82) is 0 Å². The lowest BCUT2D eigenvalue weighted by Crippen LogP contribution is -2.24. The maximum absolute atomic E-state index is 13.4. The molecule has 0 unspecified atom stereocenters. The van der Waals surface area contributed by atoms with Crippen molar-refractivity contribution in [1.82, 2.24) is 15.0 Å². The van der Waals surface area contributed by atoms with E-state index in [1.54, 1.807) is 22.2 Å². The van der Waals surface area contributed by atoms with E-state index in [1.165, 1.54) is 6.08 Å². The molecule has 0 aliphatic carbocycles. The number of aryl methyl sites for hydroxylation is 2. The number of hydrogen-bond acceptors (Lipinski definition) is 4. The largest absolute Gasteiger partial charge is 0.288 e. The van der Waals surface area contributed by atoms with Gasteiger partial charge in [-0.2, -0.15) is 0 Å². The fourth-order valence-electron chi connectivity index (χ4n) is 3.31. The number of benzene rings is 1. The van der Waals surface area contributed by atoms with Gasteiger partial charge in [0.05, 0.1) is 16.6 Å². The molecule has 1 aromatic carbocycles. The predicted octanol–water partition coefficient (Wildman–Crippen LogP) is 4.14. The van der Waals surface area contributed by atoms with Crippen LogP contribution in [0.2, 0.25) is 0 Å². The summed E-state index contributed by atoms with van der Waals surface area (Å²) in [5.74, 6) is -0.00834. The molecule has 0 aliphatic rings. The van der Waals surface area contributed by atoms with Gasteiger partial charge in [-0.15, -0.1) is 0 Å². The van der Waals surface area contributed by atoms with Gasteiger partial charge in [0.25, 0.3) is 11.5 Å². The third kappa shape index (κ3) is 4.28. The van der Waals surface area contributed by atoms with Gasteiger partial charge in [0.2, 0.25) is 0 Å². The highest BCUT2D eigenvalue weighted by molar-refractivity contribution is 5.92. The van der Waals surface area contributed by atoms with E-state index in [2.05, 4.69) is 18.0 Å². The zero-order chi connectivity index (χ0) is 21.0. The van der Waals surface area contributed by atoms with E-state index in [9.17, 15) is 9.59 Å². The Bertz CT molecular complexity index is 1070. The standard InChI is InChI=1S/C22H27N3O3/c1-7-8-14(4)21(13(2)3)25-16(6)23-19-11-15(5)17(9-10-20(26)24-28)12-18(19)22(25)27/h8-12,28H,7H2,1-6H3,(H,24,26)/b10-9+,14-8-. The van der Waals surface area contributed by atoms with Gasteiger partial charge in [0.1, 0.15) is 5.82 Å². The second kappa shape index (κ2) is 8.80. The summed E-state index contributed by atoms with van der Waals surface area (Å²) in [5.41, 5.74) is 6.53. The zero-order valence-corrected chi connectivity index (χ0v) is 17.3. The van der Waals surface area contributed by atoms with E-state index >= 15 is 0 Å². The van der Waals surface area contributed by atoms with E-state index in [0.29, 0.717) is 22.3 Å². The molecule has 2 aromatic rings. The highest BCUT2D eigenvalue weighted by Gasteiger charge is 2.15. The normalized spacial score (nSPS) is 11.9. The SMILES string of the molecule is CC/C=C(/C)C(=C(C)C)n1c(C)nc2cc(C)c(/C=C/C(=O)NO)cc2c1=O. The van der Waals surface area contributed by atoms with E-state index in [0.717, 1.165) is 28.8 Å². The van der Waals surface area contributed by atoms with Crippen LogP contribution in [-0.4, -0.2) is 20.7 Å². The first-order chi connectivity index (χ1) is 13.2. The van der Waals surface area contributed by atoms with E-state index in [1.807, 2.05) is 40.7 Å². The minimum Gasteiger partial charge on any atom is -0.288 e. The van der Waals surface area contributed by atoms with Crippen molar-refractivity contribution < 1.29 is 10.0 Å². The Kier molecular flexibility index (Phi) is 6.70. The van der Waals surface area contributed by atoms with Crippen molar-refractivity contribution in [2.24, 2.45) is 0 Å². The first-order valence-corrected chi connectivity index (χ1v) is 9.22. The van der Waals surface area contributed by atoms with Crippen molar-refractivity contribution in [2.45, 2.75) is 48.0 Å². The summed E-state index contributed by atoms with van der Waals surface area (Å²) in [5, 5.41) is 9.12. The number of fused-ring (bicyclic) bond motifs is 1. The van der Waals surface area contributed by atoms with Crippen LogP contribution in [0.25, 0.3) is 22.7 Å². The third-order valence-electron chi connectivity index (χ3n) is 4.53. The predicted molar refractivity (Wildman–Crippen MR) is 113 cm³/mol. The molecule has 0 fully saturated rings. The summed E-state index contributed by atoms with van der Waals surface area (Å²) in [4.78, 5) is 29.3. The molecule has 0 saturated carbocycles. The number of carbonyl (C=O) groups excluding carboxylic acids is 1. The molecule has 2 rings (SSSR count). The maximum atomic E-state index is 13.4. The molecule has 0 aliphatic heterocycles. The molecule has 0 atom stereocenters. The first kappa shape index (κ1) is 21.3. The summed E-state index contributed by atoms with van der Waals surface area (Å²) >= 11 is 0. The fourth-order valence-corrected chi connectivity index (χ4v) is 3.31. The Labute approximate surface area is 164 Å². The van der Waals surface area contributed by atoms with Crippen LogP contribution >= 0.6 is 0 Å². The van der Waals surface area contributed by atoms with E-state index in [-0.39, 0.29) is 5.56 Å². The van der Waals surface area contributed by atoms with E-state index in [4.69, 9.17) is 5.21 Å². The number of nitrogens with zero attached hydrogens (tertiary/aromatic N) is 2. The number of allylic oxidation sites excluding steroid dienone is 4. The Hall–Kier alpha value is -2.99. The molecule has 0 saturated heterocycles. The lowest BCUT2D eigenvalue weighted by atomic mass is 10.0. The highest BCUT2D eigenvalue weighted by Crippen LogP contribution is 2.23. The molecule has 0 radical (unpaired) electrons. The Morgan fingerprint density at radius 2 is 1.93 bits per heavy atom. The topological polar surface area (TPSA) is 84.2 Å². The quantitative estimate of drug-likeness (QED) is 0.353. The number of aromatic nitrogens is 2. The monoisotopic (exact) mass is 381 g/mol. The molecule has 6 heteroatoms. The van der Waals surface area contributed by atoms with Crippen LogP contribution in [0.15, 0.2) is 40.2 Å². The molecule has 6 nitrogen and oxygen atoms in total. The fraction of sp³-hybridized carbons (Fsp3) is 0.318. The average Bonchev–Trinajstić information content (AvgIpc) is 2.63. The Morgan fingerprint density at radius 3 is 2.50 bits per heavy atom. The van der Waals surface area contributed by atoms with Gasteiger partial charge in [-0.05, 0) is 75.9 Å². The van der Waals surface area contributed by atoms with Crippen LogP contribution in [0, 0.1) is 13.8 Å². The van der Waals surface area contributed by atoms with Crippen molar-refractivity contribution >= 4 is 28.6 Å². The maximum Gasteiger partial charge on any atom is 0.267 e. The second-order valence-electron chi connectivity index (χ2n) is 6.98. The minimum absolute atomic E-state index is 0.149. The lowest BCUT2D eigenvalue weighted by molar-refractivity contribution is -0.124. The Balaban J connectivity index is 2.81. The minimum atomic E-state index is -0.633. The summed E-state index contributed by atoms with van der Waals surface area (Å²) < 4.78 is 1.66. The summed E-state index contributed by atoms with van der Waals surface area (Å²) in [7, 11) is 0. The van der Waals surface area contributed by atoms with Crippen LogP contribution in [0.1, 0.15) is 51.1 Å². The summed E-state index contributed by atoms with van der Waals surface area (Å²) in [6, 6.07) is 3.57. The van der Waals surface area contributed by atoms with Gasteiger partial charge in [0.15, 0.2) is 0 Å². The van der Waals surface area contributed by atoms with Gasteiger partial charge in [-0.25, -0.2) is 10.5 Å². The number of hydroxylamine groups is 1. The van der Waals surface area contributed by atoms with Crippen molar-refractivity contribution in [3.05, 3.63) is 62.7 Å². The van der Waals surface area contributed by atoms with Gasteiger partial charge in [0, 0.05) is 6.08 Å². The van der Waals surface area contributed by atoms with Crippen molar-refractivity contribution in [3.8, 4) is 0 Å². The molecule has 0 bridgehead atoms. The summed E-state index contributed by atoms with van der Waals surface area (Å²) in [6.07, 6.45) is 5.74. The van der Waals surface area contributed by atoms with Crippen molar-refractivity contribution in [2.75, 3.05) is 0 Å². The second-order valence-corrected chi connectivity index (χ2v) is 6.98.